The van der Waals surface area contributed by atoms with Crippen LogP contribution >= 0.6 is 27.3 Å². The third-order valence-electron chi connectivity index (χ3n) is 2.54. The Bertz CT molecular complexity index is 493. The molecular weight excluding hydrogens is 282 g/mol. The summed E-state index contributed by atoms with van der Waals surface area (Å²) in [7, 11) is 0. The summed E-state index contributed by atoms with van der Waals surface area (Å²) < 4.78 is 1.16. The van der Waals surface area contributed by atoms with E-state index in [9.17, 15) is 0 Å². The van der Waals surface area contributed by atoms with Crippen LogP contribution in [0.4, 0.5) is 0 Å². The summed E-state index contributed by atoms with van der Waals surface area (Å²) >= 11 is 5.41. The fourth-order valence-electron chi connectivity index (χ4n) is 1.85. The summed E-state index contributed by atoms with van der Waals surface area (Å²) in [4.78, 5) is 2.51. The Morgan fingerprint density at radius 1 is 1.25 bits per heavy atom. The molecule has 1 aromatic carbocycles. The van der Waals surface area contributed by atoms with E-state index in [4.69, 9.17) is 5.73 Å². The first kappa shape index (κ1) is 11.8. The number of benzene rings is 1. The molecule has 0 amide bonds. The summed E-state index contributed by atoms with van der Waals surface area (Å²) in [5, 5.41) is 0. The lowest BCUT2D eigenvalue weighted by Gasteiger charge is -2.08. The van der Waals surface area contributed by atoms with Crippen LogP contribution in [0.3, 0.4) is 0 Å². The second kappa shape index (κ2) is 4.70. The van der Waals surface area contributed by atoms with Crippen molar-refractivity contribution >= 4 is 27.3 Å². The van der Waals surface area contributed by atoms with Crippen LogP contribution < -0.4 is 5.73 Å². The van der Waals surface area contributed by atoms with Crippen LogP contribution in [0, 0.1) is 13.8 Å². The van der Waals surface area contributed by atoms with Gasteiger partial charge in [-0.3, -0.25) is 0 Å². The molecule has 0 spiro atoms. The predicted octanol–water partition coefficient (Wildman–Crippen LogP) is 4.25. The van der Waals surface area contributed by atoms with E-state index in [-0.39, 0.29) is 0 Å². The number of nitrogens with two attached hydrogens (primary N) is 1. The SMILES string of the molecule is Cc1cc(C)c(-c2ccc(CN)s2)c(Br)c1. The van der Waals surface area contributed by atoms with Gasteiger partial charge in [-0.1, -0.05) is 22.0 Å². The number of aryl methyl sites for hydroxylation is 2. The van der Waals surface area contributed by atoms with E-state index in [1.165, 1.54) is 26.4 Å². The van der Waals surface area contributed by atoms with E-state index in [1.807, 2.05) is 0 Å². The lowest BCUT2D eigenvalue weighted by Crippen LogP contribution is -1.91. The number of halogens is 1. The molecule has 3 heteroatoms. The van der Waals surface area contributed by atoms with Crippen molar-refractivity contribution in [1.82, 2.24) is 0 Å². The van der Waals surface area contributed by atoms with Crippen LogP contribution in [0.15, 0.2) is 28.7 Å². The summed E-state index contributed by atoms with van der Waals surface area (Å²) in [6.07, 6.45) is 0. The minimum absolute atomic E-state index is 0.618. The first-order chi connectivity index (χ1) is 7.61. The van der Waals surface area contributed by atoms with Crippen LogP contribution in [0.5, 0.6) is 0 Å². The Balaban J connectivity index is 2.55. The van der Waals surface area contributed by atoms with Crippen LogP contribution in [-0.4, -0.2) is 0 Å². The molecule has 1 heterocycles. The van der Waals surface area contributed by atoms with Crippen molar-refractivity contribution in [2.45, 2.75) is 20.4 Å². The topological polar surface area (TPSA) is 26.0 Å². The van der Waals surface area contributed by atoms with Crippen molar-refractivity contribution in [1.29, 1.82) is 0 Å². The molecule has 0 saturated carbocycles. The van der Waals surface area contributed by atoms with Crippen molar-refractivity contribution in [3.05, 3.63) is 44.7 Å². The van der Waals surface area contributed by atoms with Gasteiger partial charge in [0.1, 0.15) is 0 Å². The van der Waals surface area contributed by atoms with Gasteiger partial charge in [-0.2, -0.15) is 0 Å². The lowest BCUT2D eigenvalue weighted by molar-refractivity contribution is 1.11. The molecule has 0 aliphatic rings. The average Bonchev–Trinajstić information content (AvgIpc) is 2.64. The molecule has 2 N–H and O–H groups in total. The highest BCUT2D eigenvalue weighted by molar-refractivity contribution is 9.10. The molecule has 1 nitrogen and oxygen atoms in total. The molecule has 0 bridgehead atoms. The molecule has 0 fully saturated rings. The fourth-order valence-corrected chi connectivity index (χ4v) is 3.88. The molecule has 0 atom stereocenters. The zero-order chi connectivity index (χ0) is 11.7. The maximum atomic E-state index is 5.64. The van der Waals surface area contributed by atoms with Gasteiger partial charge in [0.2, 0.25) is 0 Å². The van der Waals surface area contributed by atoms with Gasteiger partial charge in [0, 0.05) is 26.3 Å². The summed E-state index contributed by atoms with van der Waals surface area (Å²) in [5.74, 6) is 0. The molecule has 16 heavy (non-hydrogen) atoms. The second-order valence-electron chi connectivity index (χ2n) is 3.91. The smallest absolute Gasteiger partial charge is 0.0360 e. The summed E-state index contributed by atoms with van der Waals surface area (Å²) in [6.45, 7) is 4.88. The highest BCUT2D eigenvalue weighted by atomic mass is 79.9. The largest absolute Gasteiger partial charge is 0.326 e. The van der Waals surface area contributed by atoms with Gasteiger partial charge in [-0.15, -0.1) is 11.3 Å². The third-order valence-corrected chi connectivity index (χ3v) is 4.29. The molecule has 2 rings (SSSR count). The van der Waals surface area contributed by atoms with Crippen LogP contribution in [0.25, 0.3) is 10.4 Å². The Morgan fingerprint density at radius 2 is 2.00 bits per heavy atom. The van der Waals surface area contributed by atoms with Gasteiger partial charge in [0.05, 0.1) is 0 Å². The predicted molar refractivity (Wildman–Crippen MR) is 74.8 cm³/mol. The Labute approximate surface area is 108 Å². The van der Waals surface area contributed by atoms with E-state index >= 15 is 0 Å². The number of hydrogen-bond acceptors (Lipinski definition) is 2. The van der Waals surface area contributed by atoms with E-state index in [0.717, 1.165) is 4.47 Å². The molecule has 0 radical (unpaired) electrons. The lowest BCUT2D eigenvalue weighted by atomic mass is 10.0. The standard InChI is InChI=1S/C13H14BrNS/c1-8-5-9(2)13(11(14)6-8)12-4-3-10(7-15)16-12/h3-6H,7,15H2,1-2H3. The number of thiophene rings is 1. The maximum absolute atomic E-state index is 5.64. The minimum atomic E-state index is 0.618. The van der Waals surface area contributed by atoms with Crippen LogP contribution in [0.1, 0.15) is 16.0 Å². The van der Waals surface area contributed by atoms with Gasteiger partial charge in [0.15, 0.2) is 0 Å². The molecular formula is C13H14BrNS. The van der Waals surface area contributed by atoms with Crippen molar-refractivity contribution < 1.29 is 0 Å². The Hall–Kier alpha value is -0.640. The molecule has 0 saturated heterocycles. The van der Waals surface area contributed by atoms with Gasteiger partial charge in [-0.05, 0) is 43.2 Å². The zero-order valence-corrected chi connectivity index (χ0v) is 11.8. The van der Waals surface area contributed by atoms with Gasteiger partial charge in [0.25, 0.3) is 0 Å². The zero-order valence-electron chi connectivity index (χ0n) is 9.38. The first-order valence-electron chi connectivity index (χ1n) is 5.17. The Morgan fingerprint density at radius 3 is 2.56 bits per heavy atom. The number of hydrogen-bond donors (Lipinski definition) is 1. The third kappa shape index (κ3) is 2.21. The average molecular weight is 296 g/mol. The first-order valence-corrected chi connectivity index (χ1v) is 6.78. The highest BCUT2D eigenvalue weighted by Gasteiger charge is 2.09. The summed E-state index contributed by atoms with van der Waals surface area (Å²) in [6, 6.07) is 8.62. The molecule has 1 aromatic heterocycles. The van der Waals surface area contributed by atoms with Gasteiger partial charge >= 0.3 is 0 Å². The highest BCUT2D eigenvalue weighted by Crippen LogP contribution is 2.36. The van der Waals surface area contributed by atoms with E-state index in [1.54, 1.807) is 11.3 Å². The van der Waals surface area contributed by atoms with Crippen molar-refractivity contribution in [2.75, 3.05) is 0 Å². The number of rotatable bonds is 2. The maximum Gasteiger partial charge on any atom is 0.0360 e. The van der Waals surface area contributed by atoms with Gasteiger partial charge in [-0.25, -0.2) is 0 Å². The van der Waals surface area contributed by atoms with E-state index < -0.39 is 0 Å². The monoisotopic (exact) mass is 295 g/mol. The minimum Gasteiger partial charge on any atom is -0.326 e. The quantitative estimate of drug-likeness (QED) is 0.880. The molecule has 84 valence electrons. The molecule has 2 aromatic rings. The van der Waals surface area contributed by atoms with Crippen molar-refractivity contribution in [3.63, 3.8) is 0 Å². The molecule has 0 aliphatic carbocycles. The van der Waals surface area contributed by atoms with Crippen LogP contribution in [-0.2, 0) is 6.54 Å². The normalized spacial score (nSPS) is 10.8. The molecule has 0 aliphatic heterocycles. The van der Waals surface area contributed by atoms with E-state index in [2.05, 4.69) is 54.0 Å². The van der Waals surface area contributed by atoms with E-state index in [0.29, 0.717) is 6.54 Å². The molecule has 0 unspecified atom stereocenters. The van der Waals surface area contributed by atoms with Crippen LogP contribution in [0.2, 0.25) is 0 Å². The van der Waals surface area contributed by atoms with Crippen molar-refractivity contribution in [2.24, 2.45) is 5.73 Å². The fraction of sp³-hybridized carbons (Fsp3) is 0.231. The Kier molecular flexibility index (Phi) is 3.47. The summed E-state index contributed by atoms with van der Waals surface area (Å²) in [5.41, 5.74) is 9.51. The second-order valence-corrected chi connectivity index (χ2v) is 5.93. The van der Waals surface area contributed by atoms with Crippen molar-refractivity contribution in [3.8, 4) is 10.4 Å². The van der Waals surface area contributed by atoms with Gasteiger partial charge < -0.3 is 5.73 Å².